The lowest BCUT2D eigenvalue weighted by Gasteiger charge is -2.15. The SMILES string of the molecule is CCOC(=O)Cn1cc2ccc(-c3ccc4c5oc(C)nc5c(=O)n(C5CC5)c4c3C)cc2c1. The number of pyridine rings is 1. The molecule has 5 aromatic rings. The van der Waals surface area contributed by atoms with Crippen LogP contribution in [0.5, 0.6) is 0 Å². The van der Waals surface area contributed by atoms with Crippen molar-refractivity contribution in [1.82, 2.24) is 14.1 Å². The lowest BCUT2D eigenvalue weighted by atomic mass is 9.96. The van der Waals surface area contributed by atoms with Gasteiger partial charge < -0.3 is 18.3 Å². The number of ether oxygens (including phenoxy) is 1. The van der Waals surface area contributed by atoms with Crippen LogP contribution in [-0.4, -0.2) is 26.7 Å². The second-order valence-corrected chi connectivity index (χ2v) is 9.03. The number of carbonyl (C=O) groups is 1. The zero-order valence-corrected chi connectivity index (χ0v) is 19.4. The quantitative estimate of drug-likeness (QED) is 0.337. The summed E-state index contributed by atoms with van der Waals surface area (Å²) >= 11 is 0. The van der Waals surface area contributed by atoms with Crippen LogP contribution >= 0.6 is 0 Å². The molecule has 0 radical (unpaired) electrons. The fourth-order valence-electron chi connectivity index (χ4n) is 4.97. The van der Waals surface area contributed by atoms with Crippen molar-refractivity contribution in [2.45, 2.75) is 46.2 Å². The van der Waals surface area contributed by atoms with Crippen molar-refractivity contribution in [3.63, 3.8) is 0 Å². The van der Waals surface area contributed by atoms with E-state index in [1.54, 1.807) is 13.8 Å². The summed E-state index contributed by atoms with van der Waals surface area (Å²) in [6.45, 7) is 6.21. The lowest BCUT2D eigenvalue weighted by Crippen LogP contribution is -2.20. The van der Waals surface area contributed by atoms with E-state index in [9.17, 15) is 9.59 Å². The normalized spacial score (nSPS) is 13.9. The van der Waals surface area contributed by atoms with E-state index in [1.165, 1.54) is 0 Å². The standard InChI is InChI=1S/C27H25N3O4/c1-4-33-23(31)14-29-12-18-6-5-17(11-19(18)13-29)21-9-10-22-25(15(21)2)30(20-7-8-20)27(32)24-26(22)34-16(3)28-24/h5-6,9-13,20H,4,7-8,14H2,1-3H3. The zero-order chi connectivity index (χ0) is 23.6. The van der Waals surface area contributed by atoms with Crippen LogP contribution in [0.25, 0.3) is 43.9 Å². The molecule has 3 heterocycles. The van der Waals surface area contributed by atoms with Gasteiger partial charge in [0.1, 0.15) is 6.54 Å². The van der Waals surface area contributed by atoms with Crippen LogP contribution in [-0.2, 0) is 16.1 Å². The molecule has 7 heteroatoms. The molecule has 34 heavy (non-hydrogen) atoms. The molecule has 1 saturated carbocycles. The Bertz CT molecular complexity index is 1670. The van der Waals surface area contributed by atoms with Crippen LogP contribution in [0.15, 0.2) is 51.9 Å². The van der Waals surface area contributed by atoms with Gasteiger partial charge in [-0.3, -0.25) is 9.59 Å². The first-order valence-corrected chi connectivity index (χ1v) is 11.6. The molecule has 0 amide bonds. The summed E-state index contributed by atoms with van der Waals surface area (Å²) in [5.41, 5.74) is 5.00. The Morgan fingerprint density at radius 2 is 1.94 bits per heavy atom. The summed E-state index contributed by atoms with van der Waals surface area (Å²) in [4.78, 5) is 29.6. The van der Waals surface area contributed by atoms with E-state index in [4.69, 9.17) is 9.15 Å². The van der Waals surface area contributed by atoms with Crippen molar-refractivity contribution in [2.75, 3.05) is 6.61 Å². The van der Waals surface area contributed by atoms with Gasteiger partial charge in [-0.1, -0.05) is 18.2 Å². The van der Waals surface area contributed by atoms with Gasteiger partial charge in [0, 0.05) is 30.7 Å². The van der Waals surface area contributed by atoms with E-state index in [0.29, 0.717) is 23.6 Å². The fourth-order valence-corrected chi connectivity index (χ4v) is 4.97. The van der Waals surface area contributed by atoms with E-state index < -0.39 is 0 Å². The summed E-state index contributed by atoms with van der Waals surface area (Å²) < 4.78 is 14.7. The number of benzene rings is 2. The Balaban J connectivity index is 1.52. The average molecular weight is 456 g/mol. The van der Waals surface area contributed by atoms with Crippen LogP contribution in [0.2, 0.25) is 0 Å². The molecule has 0 saturated heterocycles. The third-order valence-corrected chi connectivity index (χ3v) is 6.61. The zero-order valence-electron chi connectivity index (χ0n) is 19.4. The van der Waals surface area contributed by atoms with Crippen molar-refractivity contribution in [2.24, 2.45) is 0 Å². The average Bonchev–Trinajstić information content (AvgIpc) is 3.43. The van der Waals surface area contributed by atoms with E-state index in [-0.39, 0.29) is 24.1 Å². The molecular weight excluding hydrogens is 430 g/mol. The van der Waals surface area contributed by atoms with Gasteiger partial charge in [-0.15, -0.1) is 0 Å². The highest BCUT2D eigenvalue weighted by Gasteiger charge is 2.30. The second kappa shape index (κ2) is 7.58. The van der Waals surface area contributed by atoms with Crippen LogP contribution in [0.4, 0.5) is 0 Å². The number of esters is 1. The van der Waals surface area contributed by atoms with Crippen LogP contribution < -0.4 is 5.56 Å². The Morgan fingerprint density at radius 3 is 2.71 bits per heavy atom. The topological polar surface area (TPSA) is 79.3 Å². The smallest absolute Gasteiger partial charge is 0.325 e. The highest BCUT2D eigenvalue weighted by Crippen LogP contribution is 2.40. The maximum atomic E-state index is 13.3. The first kappa shape index (κ1) is 20.7. The molecule has 0 atom stereocenters. The van der Waals surface area contributed by atoms with Gasteiger partial charge in [0.25, 0.3) is 5.56 Å². The van der Waals surface area contributed by atoms with Gasteiger partial charge in [0.15, 0.2) is 17.0 Å². The number of nitrogens with zero attached hydrogens (tertiary/aromatic N) is 3. The fraction of sp³-hybridized carbons (Fsp3) is 0.296. The van der Waals surface area contributed by atoms with Gasteiger partial charge in [-0.2, -0.15) is 0 Å². The van der Waals surface area contributed by atoms with Crippen LogP contribution in [0.3, 0.4) is 0 Å². The molecule has 1 aliphatic carbocycles. The minimum atomic E-state index is -0.250. The highest BCUT2D eigenvalue weighted by atomic mass is 16.5. The van der Waals surface area contributed by atoms with Crippen LogP contribution in [0, 0.1) is 13.8 Å². The van der Waals surface area contributed by atoms with E-state index >= 15 is 0 Å². The van der Waals surface area contributed by atoms with Gasteiger partial charge in [-0.05, 0) is 66.3 Å². The summed E-state index contributed by atoms with van der Waals surface area (Å²) in [5, 5.41) is 3.02. The summed E-state index contributed by atoms with van der Waals surface area (Å²) in [5.74, 6) is 0.252. The Kier molecular flexibility index (Phi) is 4.62. The summed E-state index contributed by atoms with van der Waals surface area (Å²) in [6, 6.07) is 10.6. The van der Waals surface area contributed by atoms with E-state index in [2.05, 4.69) is 36.2 Å². The number of hydrogen-bond acceptors (Lipinski definition) is 5. The molecule has 3 aromatic heterocycles. The van der Waals surface area contributed by atoms with E-state index in [1.807, 2.05) is 27.6 Å². The Morgan fingerprint density at radius 1 is 1.15 bits per heavy atom. The van der Waals surface area contributed by atoms with Crippen molar-refractivity contribution >= 4 is 38.7 Å². The van der Waals surface area contributed by atoms with Crippen LogP contribution in [0.1, 0.15) is 37.3 Å². The number of rotatable bonds is 5. The third kappa shape index (κ3) is 3.22. The first-order chi connectivity index (χ1) is 16.4. The number of fused-ring (bicyclic) bond motifs is 4. The molecule has 1 fully saturated rings. The lowest BCUT2D eigenvalue weighted by molar-refractivity contribution is -0.143. The molecule has 0 unspecified atom stereocenters. The maximum Gasteiger partial charge on any atom is 0.325 e. The monoisotopic (exact) mass is 455 g/mol. The number of aromatic nitrogens is 3. The predicted molar refractivity (Wildman–Crippen MR) is 131 cm³/mol. The molecule has 6 rings (SSSR count). The second-order valence-electron chi connectivity index (χ2n) is 9.03. The Hall–Kier alpha value is -3.87. The number of oxazole rings is 1. The largest absolute Gasteiger partial charge is 0.465 e. The van der Waals surface area contributed by atoms with Crippen molar-refractivity contribution < 1.29 is 13.9 Å². The molecule has 0 spiro atoms. The minimum absolute atomic E-state index is 0.0754. The van der Waals surface area contributed by atoms with Gasteiger partial charge >= 0.3 is 5.97 Å². The molecule has 7 nitrogen and oxygen atoms in total. The van der Waals surface area contributed by atoms with Crippen molar-refractivity contribution in [3.05, 3.63) is 64.5 Å². The number of carbonyl (C=O) groups excluding carboxylic acids is 1. The predicted octanol–water partition coefficient (Wildman–Crippen LogP) is 5.28. The van der Waals surface area contributed by atoms with Gasteiger partial charge in [-0.25, -0.2) is 4.98 Å². The maximum absolute atomic E-state index is 13.3. The van der Waals surface area contributed by atoms with Gasteiger partial charge in [0.05, 0.1) is 12.1 Å². The van der Waals surface area contributed by atoms with Crippen molar-refractivity contribution in [1.29, 1.82) is 0 Å². The van der Waals surface area contributed by atoms with E-state index in [0.717, 1.165) is 51.2 Å². The third-order valence-electron chi connectivity index (χ3n) is 6.61. The molecule has 0 bridgehead atoms. The first-order valence-electron chi connectivity index (χ1n) is 11.6. The Labute approximate surface area is 195 Å². The summed E-state index contributed by atoms with van der Waals surface area (Å²) in [6.07, 6.45) is 5.92. The molecule has 2 aromatic carbocycles. The van der Waals surface area contributed by atoms with Crippen molar-refractivity contribution in [3.8, 4) is 11.1 Å². The number of aryl methyl sites for hydroxylation is 2. The summed E-state index contributed by atoms with van der Waals surface area (Å²) in [7, 11) is 0. The molecule has 0 N–H and O–H groups in total. The minimum Gasteiger partial charge on any atom is -0.465 e. The molecule has 1 aliphatic rings. The van der Waals surface area contributed by atoms with Gasteiger partial charge in [0.2, 0.25) is 0 Å². The molecular formula is C27H25N3O4. The highest BCUT2D eigenvalue weighted by molar-refractivity contribution is 6.04. The number of hydrogen-bond donors (Lipinski definition) is 0. The molecule has 172 valence electrons. The molecule has 0 aliphatic heterocycles.